The van der Waals surface area contributed by atoms with Gasteiger partial charge in [0.25, 0.3) is 0 Å². The molecule has 0 spiro atoms. The Kier molecular flexibility index (Phi) is 1.80. The van der Waals surface area contributed by atoms with Crippen LogP contribution in [0.25, 0.3) is 6.08 Å². The monoisotopic (exact) mass is 166 g/mol. The molecule has 1 aliphatic rings. The topological polar surface area (TPSA) is 20.2 Å². The minimum Gasteiger partial charge on any atom is -0.392 e. The molecule has 0 saturated heterocycles. The maximum atomic E-state index is 8.89. The van der Waals surface area contributed by atoms with Crippen LogP contribution in [0.5, 0.6) is 0 Å². The summed E-state index contributed by atoms with van der Waals surface area (Å²) in [7, 11) is 0. The number of thiophene rings is 1. The smallest absolute Gasteiger partial charge is 0.0645 e. The van der Waals surface area contributed by atoms with E-state index in [0.29, 0.717) is 0 Å². The fraction of sp³-hybridized carbons (Fsp3) is 0.333. The molecular weight excluding hydrogens is 156 g/mol. The van der Waals surface area contributed by atoms with Crippen LogP contribution in [-0.2, 0) is 6.42 Å². The normalized spacial score (nSPS) is 15.9. The summed E-state index contributed by atoms with van der Waals surface area (Å²) in [5.74, 6) is 0. The largest absolute Gasteiger partial charge is 0.392 e. The molecule has 1 nitrogen and oxygen atoms in total. The second-order valence-electron chi connectivity index (χ2n) is 2.76. The van der Waals surface area contributed by atoms with Crippen LogP contribution in [0.4, 0.5) is 0 Å². The van der Waals surface area contributed by atoms with E-state index < -0.39 is 0 Å². The van der Waals surface area contributed by atoms with Crippen LogP contribution in [0.2, 0.25) is 0 Å². The van der Waals surface area contributed by atoms with Gasteiger partial charge in [-0.2, -0.15) is 0 Å². The third kappa shape index (κ3) is 1.24. The van der Waals surface area contributed by atoms with Crippen molar-refractivity contribution in [1.82, 2.24) is 0 Å². The van der Waals surface area contributed by atoms with Crippen molar-refractivity contribution in [2.45, 2.75) is 12.8 Å². The van der Waals surface area contributed by atoms with Crippen molar-refractivity contribution in [1.29, 1.82) is 0 Å². The molecule has 0 fully saturated rings. The second-order valence-corrected chi connectivity index (χ2v) is 3.76. The average molecular weight is 166 g/mol. The summed E-state index contributed by atoms with van der Waals surface area (Å²) in [5.41, 5.74) is 2.47. The first kappa shape index (κ1) is 7.07. The van der Waals surface area contributed by atoms with Crippen LogP contribution < -0.4 is 0 Å². The number of aryl methyl sites for hydroxylation is 1. The molecule has 0 aromatic carbocycles. The van der Waals surface area contributed by atoms with Crippen molar-refractivity contribution in [2.75, 3.05) is 6.61 Å². The van der Waals surface area contributed by atoms with Gasteiger partial charge in [0, 0.05) is 4.88 Å². The highest BCUT2D eigenvalue weighted by molar-refractivity contribution is 7.10. The number of hydrogen-bond acceptors (Lipinski definition) is 2. The Labute approximate surface area is 70.0 Å². The fourth-order valence-electron chi connectivity index (χ4n) is 1.37. The molecule has 0 amide bonds. The average Bonchev–Trinajstić information content (AvgIpc) is 2.50. The van der Waals surface area contributed by atoms with Crippen LogP contribution in [0.1, 0.15) is 16.9 Å². The zero-order valence-electron chi connectivity index (χ0n) is 6.21. The number of rotatable bonds is 1. The van der Waals surface area contributed by atoms with Crippen LogP contribution in [0.15, 0.2) is 17.0 Å². The fourth-order valence-corrected chi connectivity index (χ4v) is 2.24. The van der Waals surface area contributed by atoms with Gasteiger partial charge in [0.1, 0.15) is 0 Å². The molecule has 0 saturated carbocycles. The summed E-state index contributed by atoms with van der Waals surface area (Å²) in [6.45, 7) is 0.218. The highest BCUT2D eigenvalue weighted by atomic mass is 32.1. The summed E-state index contributed by atoms with van der Waals surface area (Å²) in [6, 6.07) is 2.12. The van der Waals surface area contributed by atoms with Crippen molar-refractivity contribution in [3.05, 3.63) is 27.5 Å². The van der Waals surface area contributed by atoms with E-state index in [1.54, 1.807) is 0 Å². The first-order valence-corrected chi connectivity index (χ1v) is 4.65. The minimum atomic E-state index is 0.218. The first-order valence-electron chi connectivity index (χ1n) is 3.77. The van der Waals surface area contributed by atoms with Crippen LogP contribution in [0, 0.1) is 0 Å². The highest BCUT2D eigenvalue weighted by Gasteiger charge is 2.09. The number of fused-ring (bicyclic) bond motifs is 1. The van der Waals surface area contributed by atoms with Gasteiger partial charge in [-0.25, -0.2) is 0 Å². The van der Waals surface area contributed by atoms with E-state index in [2.05, 4.69) is 17.5 Å². The maximum Gasteiger partial charge on any atom is 0.0645 e. The van der Waals surface area contributed by atoms with Gasteiger partial charge in [-0.1, -0.05) is 6.08 Å². The lowest BCUT2D eigenvalue weighted by atomic mass is 10.00. The first-order chi connectivity index (χ1) is 5.40. The third-order valence-electron chi connectivity index (χ3n) is 2.02. The van der Waals surface area contributed by atoms with Gasteiger partial charge in [0.15, 0.2) is 0 Å². The van der Waals surface area contributed by atoms with E-state index in [-0.39, 0.29) is 6.61 Å². The zero-order valence-corrected chi connectivity index (χ0v) is 7.03. The molecule has 11 heavy (non-hydrogen) atoms. The van der Waals surface area contributed by atoms with Crippen molar-refractivity contribution in [3.63, 3.8) is 0 Å². The molecule has 58 valence electrons. The third-order valence-corrected chi connectivity index (χ3v) is 3.01. The molecule has 1 N–H and O–H groups in total. The Bertz CT molecular complexity index is 286. The molecule has 0 unspecified atom stereocenters. The van der Waals surface area contributed by atoms with Crippen LogP contribution in [0.3, 0.4) is 0 Å². The van der Waals surface area contributed by atoms with Gasteiger partial charge >= 0.3 is 0 Å². The van der Waals surface area contributed by atoms with E-state index in [0.717, 1.165) is 18.4 Å². The predicted octanol–water partition coefficient (Wildman–Crippen LogP) is 2.07. The van der Waals surface area contributed by atoms with Gasteiger partial charge in [-0.15, -0.1) is 11.3 Å². The molecule has 1 aliphatic carbocycles. The summed E-state index contributed by atoms with van der Waals surface area (Å²) in [6.07, 6.45) is 4.25. The summed E-state index contributed by atoms with van der Waals surface area (Å²) in [5, 5.41) is 11.0. The van der Waals surface area contributed by atoms with E-state index in [1.165, 1.54) is 10.4 Å². The predicted molar refractivity (Wildman–Crippen MR) is 47.7 cm³/mol. The second kappa shape index (κ2) is 2.80. The number of aliphatic hydroxyl groups is 1. The standard InChI is InChI=1S/C9H10OS/c10-6-7-1-2-9-8(5-7)3-4-11-9/h3-5,10H,1-2,6H2. The molecular formula is C9H10OS. The molecule has 2 rings (SSSR count). The van der Waals surface area contributed by atoms with E-state index in [9.17, 15) is 0 Å². The van der Waals surface area contributed by atoms with Crippen LogP contribution in [-0.4, -0.2) is 11.7 Å². The summed E-state index contributed by atoms with van der Waals surface area (Å²) >= 11 is 1.81. The number of aliphatic hydroxyl groups excluding tert-OH is 1. The van der Waals surface area contributed by atoms with Crippen molar-refractivity contribution in [3.8, 4) is 0 Å². The SMILES string of the molecule is OCC1=Cc2ccsc2CC1. The quantitative estimate of drug-likeness (QED) is 0.677. The van der Waals surface area contributed by atoms with Gasteiger partial charge in [0.05, 0.1) is 6.61 Å². The van der Waals surface area contributed by atoms with Gasteiger partial charge < -0.3 is 5.11 Å². The maximum absolute atomic E-state index is 8.89. The summed E-state index contributed by atoms with van der Waals surface area (Å²) in [4.78, 5) is 1.46. The number of hydrogen-bond donors (Lipinski definition) is 1. The Morgan fingerprint density at radius 2 is 2.36 bits per heavy atom. The van der Waals surface area contributed by atoms with Gasteiger partial charge in [0.2, 0.25) is 0 Å². The van der Waals surface area contributed by atoms with Crippen molar-refractivity contribution in [2.24, 2.45) is 0 Å². The van der Waals surface area contributed by atoms with Crippen molar-refractivity contribution >= 4 is 17.4 Å². The van der Waals surface area contributed by atoms with Gasteiger partial charge in [-0.3, -0.25) is 0 Å². The summed E-state index contributed by atoms with van der Waals surface area (Å²) < 4.78 is 0. The van der Waals surface area contributed by atoms with Crippen molar-refractivity contribution < 1.29 is 5.11 Å². The minimum absolute atomic E-state index is 0.218. The van der Waals surface area contributed by atoms with E-state index in [4.69, 9.17) is 5.11 Å². The highest BCUT2D eigenvalue weighted by Crippen LogP contribution is 2.27. The molecule has 0 aliphatic heterocycles. The zero-order chi connectivity index (χ0) is 7.68. The Morgan fingerprint density at radius 1 is 1.45 bits per heavy atom. The Morgan fingerprint density at radius 3 is 3.18 bits per heavy atom. The molecule has 0 atom stereocenters. The Balaban J connectivity index is 2.37. The lowest BCUT2D eigenvalue weighted by Gasteiger charge is -2.09. The molecule has 0 bridgehead atoms. The lowest BCUT2D eigenvalue weighted by Crippen LogP contribution is -1.98. The van der Waals surface area contributed by atoms with Gasteiger partial charge in [-0.05, 0) is 35.4 Å². The molecule has 2 heteroatoms. The Hall–Kier alpha value is -0.600. The molecule has 1 aromatic heterocycles. The molecule has 0 radical (unpaired) electrons. The molecule has 1 heterocycles. The van der Waals surface area contributed by atoms with E-state index >= 15 is 0 Å². The van der Waals surface area contributed by atoms with Crippen LogP contribution >= 0.6 is 11.3 Å². The lowest BCUT2D eigenvalue weighted by molar-refractivity contribution is 0.327. The van der Waals surface area contributed by atoms with E-state index in [1.807, 2.05) is 11.3 Å². The molecule has 1 aromatic rings.